The van der Waals surface area contributed by atoms with Crippen LogP contribution in [0.5, 0.6) is 0 Å². The molecule has 0 bridgehead atoms. The Hall–Kier alpha value is -1.61. The molecule has 84 valence electrons. The highest BCUT2D eigenvalue weighted by Gasteiger charge is 2.11. The van der Waals surface area contributed by atoms with Crippen molar-refractivity contribution in [3.63, 3.8) is 0 Å². The molecule has 2 N–H and O–H groups in total. The first kappa shape index (κ1) is 10.9. The largest absolute Gasteiger partial charge is 0.319 e. The summed E-state index contributed by atoms with van der Waals surface area (Å²) in [6, 6.07) is 10.3. The molecule has 3 nitrogen and oxygen atoms in total. The molecule has 0 radical (unpaired) electrons. The molecule has 2 rings (SSSR count). The van der Waals surface area contributed by atoms with Gasteiger partial charge in [-0.15, -0.1) is 0 Å². The van der Waals surface area contributed by atoms with Gasteiger partial charge < -0.3 is 5.73 Å². The Bertz CT molecular complexity index is 456. The van der Waals surface area contributed by atoms with Gasteiger partial charge in [-0.1, -0.05) is 31.2 Å². The standard InChI is InChI=1S/C13H17N3/c1-3-10-4-6-11(7-5-10)13(14)12-8-9-15-16(12)2/h4-9,13H,3,14H2,1-2H3. The highest BCUT2D eigenvalue weighted by molar-refractivity contribution is 5.30. The van der Waals surface area contributed by atoms with Gasteiger partial charge in [0.05, 0.1) is 11.7 Å². The predicted molar refractivity (Wildman–Crippen MR) is 65.1 cm³/mol. The van der Waals surface area contributed by atoms with Gasteiger partial charge in [0.1, 0.15) is 0 Å². The maximum absolute atomic E-state index is 6.19. The molecule has 0 saturated carbocycles. The molecular formula is C13H17N3. The molecule has 1 atom stereocenters. The lowest BCUT2D eigenvalue weighted by molar-refractivity contribution is 0.673. The Kier molecular flexibility index (Phi) is 3.06. The number of hydrogen-bond donors (Lipinski definition) is 1. The second-order valence-electron chi connectivity index (χ2n) is 3.95. The van der Waals surface area contributed by atoms with E-state index in [4.69, 9.17) is 5.73 Å². The van der Waals surface area contributed by atoms with E-state index in [0.717, 1.165) is 17.7 Å². The maximum atomic E-state index is 6.19. The first-order chi connectivity index (χ1) is 7.72. The molecule has 3 heteroatoms. The van der Waals surface area contributed by atoms with E-state index in [2.05, 4.69) is 36.3 Å². The van der Waals surface area contributed by atoms with E-state index in [1.165, 1.54) is 5.56 Å². The third kappa shape index (κ3) is 1.99. The second-order valence-corrected chi connectivity index (χ2v) is 3.95. The minimum absolute atomic E-state index is 0.0987. The van der Waals surface area contributed by atoms with E-state index >= 15 is 0 Å². The minimum Gasteiger partial charge on any atom is -0.319 e. The van der Waals surface area contributed by atoms with Gasteiger partial charge in [-0.25, -0.2) is 0 Å². The topological polar surface area (TPSA) is 43.8 Å². The molecule has 0 fully saturated rings. The van der Waals surface area contributed by atoms with Crippen molar-refractivity contribution >= 4 is 0 Å². The van der Waals surface area contributed by atoms with E-state index in [9.17, 15) is 0 Å². The van der Waals surface area contributed by atoms with Gasteiger partial charge in [-0.05, 0) is 23.6 Å². The number of nitrogens with two attached hydrogens (primary N) is 1. The zero-order valence-corrected chi connectivity index (χ0v) is 9.72. The van der Waals surface area contributed by atoms with Crippen LogP contribution in [0.25, 0.3) is 0 Å². The summed E-state index contributed by atoms with van der Waals surface area (Å²) in [5.74, 6) is 0. The molecule has 1 aromatic heterocycles. The van der Waals surface area contributed by atoms with Gasteiger partial charge in [0.15, 0.2) is 0 Å². The van der Waals surface area contributed by atoms with E-state index in [0.29, 0.717) is 0 Å². The molecule has 2 aromatic rings. The van der Waals surface area contributed by atoms with Crippen LogP contribution in [-0.4, -0.2) is 9.78 Å². The summed E-state index contributed by atoms with van der Waals surface area (Å²) in [7, 11) is 1.91. The lowest BCUT2D eigenvalue weighted by atomic mass is 10.0. The van der Waals surface area contributed by atoms with E-state index in [-0.39, 0.29) is 6.04 Å². The summed E-state index contributed by atoms with van der Waals surface area (Å²) >= 11 is 0. The average molecular weight is 215 g/mol. The van der Waals surface area contributed by atoms with Crippen LogP contribution < -0.4 is 5.73 Å². The van der Waals surface area contributed by atoms with Crippen molar-refractivity contribution in [3.8, 4) is 0 Å². The van der Waals surface area contributed by atoms with Crippen LogP contribution >= 0.6 is 0 Å². The summed E-state index contributed by atoms with van der Waals surface area (Å²) < 4.78 is 1.82. The summed E-state index contributed by atoms with van der Waals surface area (Å²) in [5, 5.41) is 4.13. The third-order valence-electron chi connectivity index (χ3n) is 2.92. The van der Waals surface area contributed by atoms with Crippen molar-refractivity contribution in [2.24, 2.45) is 12.8 Å². The molecule has 0 saturated heterocycles. The van der Waals surface area contributed by atoms with Crippen molar-refractivity contribution in [1.82, 2.24) is 9.78 Å². The molecule has 1 heterocycles. The van der Waals surface area contributed by atoms with Gasteiger partial charge in [0.25, 0.3) is 0 Å². The highest BCUT2D eigenvalue weighted by atomic mass is 15.3. The molecule has 1 aromatic carbocycles. The van der Waals surface area contributed by atoms with Crippen LogP contribution in [-0.2, 0) is 13.5 Å². The first-order valence-electron chi connectivity index (χ1n) is 5.54. The van der Waals surface area contributed by atoms with Crippen molar-refractivity contribution in [2.45, 2.75) is 19.4 Å². The zero-order chi connectivity index (χ0) is 11.5. The minimum atomic E-state index is -0.0987. The SMILES string of the molecule is CCc1ccc(C(N)c2ccnn2C)cc1. The number of aryl methyl sites for hydroxylation is 2. The van der Waals surface area contributed by atoms with Crippen molar-refractivity contribution < 1.29 is 0 Å². The van der Waals surface area contributed by atoms with Crippen LogP contribution in [0.2, 0.25) is 0 Å². The lowest BCUT2D eigenvalue weighted by Gasteiger charge is -2.12. The fraction of sp³-hybridized carbons (Fsp3) is 0.308. The third-order valence-corrected chi connectivity index (χ3v) is 2.92. The van der Waals surface area contributed by atoms with Crippen LogP contribution in [0.1, 0.15) is 29.8 Å². The first-order valence-corrected chi connectivity index (χ1v) is 5.54. The Morgan fingerprint density at radius 2 is 1.94 bits per heavy atom. The van der Waals surface area contributed by atoms with Gasteiger partial charge in [-0.2, -0.15) is 5.10 Å². The van der Waals surface area contributed by atoms with Gasteiger partial charge in [0, 0.05) is 13.2 Å². The van der Waals surface area contributed by atoms with Gasteiger partial charge in [-0.3, -0.25) is 4.68 Å². The van der Waals surface area contributed by atoms with Crippen LogP contribution in [0.3, 0.4) is 0 Å². The molecule has 0 aliphatic rings. The van der Waals surface area contributed by atoms with Crippen LogP contribution in [0.4, 0.5) is 0 Å². The van der Waals surface area contributed by atoms with E-state index < -0.39 is 0 Å². The Morgan fingerprint density at radius 1 is 1.25 bits per heavy atom. The quantitative estimate of drug-likeness (QED) is 0.851. The Balaban J connectivity index is 2.27. The van der Waals surface area contributed by atoms with E-state index in [1.807, 2.05) is 17.8 Å². The Labute approximate surface area is 95.9 Å². The van der Waals surface area contributed by atoms with Crippen LogP contribution in [0, 0.1) is 0 Å². The number of benzene rings is 1. The smallest absolute Gasteiger partial charge is 0.0723 e. The molecular weight excluding hydrogens is 198 g/mol. The molecule has 1 unspecified atom stereocenters. The fourth-order valence-electron chi connectivity index (χ4n) is 1.82. The molecule has 0 aliphatic carbocycles. The summed E-state index contributed by atoms with van der Waals surface area (Å²) in [6.45, 7) is 2.15. The number of aromatic nitrogens is 2. The monoisotopic (exact) mass is 215 g/mol. The van der Waals surface area contributed by atoms with Crippen molar-refractivity contribution in [3.05, 3.63) is 53.3 Å². The van der Waals surface area contributed by atoms with Crippen molar-refractivity contribution in [2.75, 3.05) is 0 Å². The van der Waals surface area contributed by atoms with Crippen LogP contribution in [0.15, 0.2) is 36.5 Å². The predicted octanol–water partition coefficient (Wildman–Crippen LogP) is 2.03. The summed E-state index contributed by atoms with van der Waals surface area (Å²) in [5.41, 5.74) is 9.68. The Morgan fingerprint density at radius 3 is 2.44 bits per heavy atom. The maximum Gasteiger partial charge on any atom is 0.0723 e. The summed E-state index contributed by atoms with van der Waals surface area (Å²) in [4.78, 5) is 0. The molecule has 0 amide bonds. The number of hydrogen-bond acceptors (Lipinski definition) is 2. The normalized spacial score (nSPS) is 12.7. The molecule has 0 spiro atoms. The van der Waals surface area contributed by atoms with E-state index in [1.54, 1.807) is 6.20 Å². The fourth-order valence-corrected chi connectivity index (χ4v) is 1.82. The zero-order valence-electron chi connectivity index (χ0n) is 9.72. The number of nitrogens with zero attached hydrogens (tertiary/aromatic N) is 2. The summed E-state index contributed by atoms with van der Waals surface area (Å²) in [6.07, 6.45) is 2.83. The molecule has 16 heavy (non-hydrogen) atoms. The van der Waals surface area contributed by atoms with Gasteiger partial charge in [0.2, 0.25) is 0 Å². The lowest BCUT2D eigenvalue weighted by Crippen LogP contribution is -2.15. The van der Waals surface area contributed by atoms with Gasteiger partial charge >= 0.3 is 0 Å². The highest BCUT2D eigenvalue weighted by Crippen LogP contribution is 2.19. The second kappa shape index (κ2) is 4.49. The average Bonchev–Trinajstić information content (AvgIpc) is 2.75. The molecule has 0 aliphatic heterocycles. The number of rotatable bonds is 3. The van der Waals surface area contributed by atoms with Crippen molar-refractivity contribution in [1.29, 1.82) is 0 Å².